The lowest BCUT2D eigenvalue weighted by Crippen LogP contribution is -2.36. The van der Waals surface area contributed by atoms with Crippen molar-refractivity contribution >= 4 is 16.0 Å². The van der Waals surface area contributed by atoms with Gasteiger partial charge in [-0.3, -0.25) is 9.29 Å². The number of hydrogen-bond donors (Lipinski definition) is 1. The van der Waals surface area contributed by atoms with Gasteiger partial charge >= 0.3 is 0 Å². The predicted octanol–water partition coefficient (Wildman–Crippen LogP) is 3.87. The zero-order valence-electron chi connectivity index (χ0n) is 23.2. The van der Waals surface area contributed by atoms with Gasteiger partial charge in [-0.05, 0) is 65.5 Å². The summed E-state index contributed by atoms with van der Waals surface area (Å²) in [5, 5.41) is 7.54. The first kappa shape index (κ1) is 28.8. The van der Waals surface area contributed by atoms with Gasteiger partial charge in [0, 0.05) is 25.1 Å². The molecule has 0 saturated carbocycles. The van der Waals surface area contributed by atoms with Crippen molar-refractivity contribution in [2.24, 2.45) is 0 Å². The fourth-order valence-corrected chi connectivity index (χ4v) is 5.58. The Bertz CT molecular complexity index is 1340. The van der Waals surface area contributed by atoms with Crippen molar-refractivity contribution in [3.8, 4) is 17.4 Å². The largest absolute Gasteiger partial charge is 0.481 e. The Morgan fingerprint density at radius 3 is 2.49 bits per heavy atom. The monoisotopic (exact) mass is 559 g/mol. The lowest BCUT2D eigenvalue weighted by Gasteiger charge is -2.30. The molecule has 4 rings (SSSR count). The second-order valence-electron chi connectivity index (χ2n) is 10.0. The van der Waals surface area contributed by atoms with Crippen LogP contribution in [0.25, 0.3) is 11.5 Å². The second kappa shape index (κ2) is 12.3. The van der Waals surface area contributed by atoms with Crippen LogP contribution in [0, 0.1) is 6.92 Å². The predicted molar refractivity (Wildman–Crippen MR) is 146 cm³/mol. The highest BCUT2D eigenvalue weighted by molar-refractivity contribution is 7.93. The van der Waals surface area contributed by atoms with Crippen LogP contribution in [0.15, 0.2) is 30.6 Å². The number of aromatic nitrogens is 6. The smallest absolute Gasteiger partial charge is 0.240 e. The molecule has 1 aliphatic heterocycles. The zero-order chi connectivity index (χ0) is 28.2. The number of rotatable bonds is 11. The molecule has 39 heavy (non-hydrogen) atoms. The quantitative estimate of drug-likeness (QED) is 0.368. The minimum absolute atomic E-state index is 0.0660. The minimum atomic E-state index is -4.05. The number of hydrogen-bond acceptors (Lipinski definition) is 10. The number of pyridine rings is 1. The van der Waals surface area contributed by atoms with Crippen molar-refractivity contribution in [3.05, 3.63) is 42.0 Å². The lowest BCUT2D eigenvalue weighted by molar-refractivity contribution is -0.0116. The van der Waals surface area contributed by atoms with E-state index < -0.39 is 21.4 Å². The Hall–Kier alpha value is -3.16. The molecule has 4 heterocycles. The van der Waals surface area contributed by atoms with Crippen LogP contribution in [0.3, 0.4) is 0 Å². The Morgan fingerprint density at radius 1 is 1.10 bits per heavy atom. The molecule has 3 aromatic heterocycles. The third-order valence-electron chi connectivity index (χ3n) is 6.64. The molecule has 0 spiro atoms. The van der Waals surface area contributed by atoms with Crippen LogP contribution in [0.1, 0.15) is 70.5 Å². The summed E-state index contributed by atoms with van der Waals surface area (Å²) in [6.07, 6.45) is 4.83. The van der Waals surface area contributed by atoms with Crippen molar-refractivity contribution in [1.82, 2.24) is 29.7 Å². The molecule has 1 aliphatic rings. The third kappa shape index (κ3) is 6.71. The first-order valence-corrected chi connectivity index (χ1v) is 14.7. The van der Waals surface area contributed by atoms with Crippen LogP contribution in [-0.4, -0.2) is 69.3 Å². The topological polar surface area (TPSA) is 143 Å². The highest BCUT2D eigenvalue weighted by atomic mass is 32.2. The molecule has 4 atom stereocenters. The van der Waals surface area contributed by atoms with Crippen LogP contribution in [0.2, 0.25) is 0 Å². The number of nitrogens with one attached hydrogen (secondary N) is 1. The van der Waals surface area contributed by atoms with E-state index in [1.54, 1.807) is 42.1 Å². The zero-order valence-corrected chi connectivity index (χ0v) is 24.1. The van der Waals surface area contributed by atoms with Crippen LogP contribution in [0.5, 0.6) is 5.88 Å². The molecule has 212 valence electrons. The maximum Gasteiger partial charge on any atom is 0.240 e. The molecule has 1 unspecified atom stereocenters. The molecule has 1 N–H and O–H groups in total. The Kier molecular flexibility index (Phi) is 9.13. The number of sulfonamides is 1. The highest BCUT2D eigenvalue weighted by Crippen LogP contribution is 2.33. The van der Waals surface area contributed by atoms with Gasteiger partial charge in [-0.1, -0.05) is 6.07 Å². The Morgan fingerprint density at radius 2 is 1.85 bits per heavy atom. The summed E-state index contributed by atoms with van der Waals surface area (Å²) in [5.74, 6) is 1.17. The maximum absolute atomic E-state index is 13.8. The van der Waals surface area contributed by atoms with Crippen molar-refractivity contribution in [2.75, 3.05) is 18.4 Å². The first-order chi connectivity index (χ1) is 18.6. The first-order valence-electron chi connectivity index (χ1n) is 13.1. The highest BCUT2D eigenvalue weighted by Gasteiger charge is 2.36. The number of methoxy groups -OCH3 is 1. The molecular formula is C26H37N7O5S. The van der Waals surface area contributed by atoms with Gasteiger partial charge in [0.2, 0.25) is 21.9 Å². The van der Waals surface area contributed by atoms with Crippen LogP contribution >= 0.6 is 0 Å². The second-order valence-corrected chi connectivity index (χ2v) is 12.0. The number of nitrogens with zero attached hydrogens (tertiary/aromatic N) is 6. The van der Waals surface area contributed by atoms with Crippen molar-refractivity contribution in [2.45, 2.75) is 83.5 Å². The van der Waals surface area contributed by atoms with Crippen LogP contribution < -0.4 is 9.46 Å². The van der Waals surface area contributed by atoms with E-state index in [9.17, 15) is 8.42 Å². The van der Waals surface area contributed by atoms with Crippen molar-refractivity contribution in [3.63, 3.8) is 0 Å². The van der Waals surface area contributed by atoms with Gasteiger partial charge in [-0.2, -0.15) is 0 Å². The SMILES string of the molecule is COc1cccc(-c2nnc(NS(=O)(=O)[C@@H](C)[C@@H](OC(C)C)c3ncc(C)cn3)n2[C@H](C)C2CCCCO2)n1. The Labute approximate surface area is 229 Å². The average Bonchev–Trinajstić information content (AvgIpc) is 3.34. The molecule has 0 aliphatic carbocycles. The molecule has 0 amide bonds. The van der Waals surface area contributed by atoms with E-state index in [0.717, 1.165) is 24.8 Å². The molecule has 13 heteroatoms. The molecule has 0 bridgehead atoms. The van der Waals surface area contributed by atoms with Gasteiger partial charge in [0.1, 0.15) is 17.0 Å². The number of ether oxygens (including phenoxy) is 3. The number of anilines is 1. The summed E-state index contributed by atoms with van der Waals surface area (Å²) in [7, 11) is -2.52. The van der Waals surface area contributed by atoms with E-state index >= 15 is 0 Å². The van der Waals surface area contributed by atoms with Crippen molar-refractivity contribution < 1.29 is 22.6 Å². The van der Waals surface area contributed by atoms with Gasteiger partial charge in [0.15, 0.2) is 11.6 Å². The standard InChI is InChI=1S/C26H37N7O5S/c1-16(2)38-23(24-27-14-17(3)15-28-24)19(5)39(34,35)32-26-31-30-25(20-10-9-12-22(29-20)36-6)33(26)18(4)21-11-7-8-13-37-21/h9-10,12,14-16,18-19,21,23H,7-8,11,13H2,1-6H3,(H,31,32)/t18-,19+,21?,23-/m1/s1. The van der Waals surface area contributed by atoms with E-state index in [2.05, 4.69) is 29.9 Å². The van der Waals surface area contributed by atoms with Crippen LogP contribution in [-0.2, 0) is 19.5 Å². The van der Waals surface area contributed by atoms with Gasteiger partial charge in [0.05, 0.1) is 25.4 Å². The van der Waals surface area contributed by atoms with E-state index in [0.29, 0.717) is 29.8 Å². The van der Waals surface area contributed by atoms with E-state index in [-0.39, 0.29) is 24.2 Å². The molecule has 3 aromatic rings. The fraction of sp³-hybridized carbons (Fsp3) is 0.577. The summed E-state index contributed by atoms with van der Waals surface area (Å²) in [4.78, 5) is 13.2. The molecule has 1 saturated heterocycles. The summed E-state index contributed by atoms with van der Waals surface area (Å²) in [6, 6.07) is 5.02. The number of aryl methyl sites for hydroxylation is 1. The summed E-state index contributed by atoms with van der Waals surface area (Å²) in [5.41, 5.74) is 1.36. The molecular weight excluding hydrogens is 522 g/mol. The van der Waals surface area contributed by atoms with Crippen molar-refractivity contribution in [1.29, 1.82) is 0 Å². The fourth-order valence-electron chi connectivity index (χ4n) is 4.49. The van der Waals surface area contributed by atoms with Crippen LogP contribution in [0.4, 0.5) is 5.95 Å². The average molecular weight is 560 g/mol. The summed E-state index contributed by atoms with van der Waals surface area (Å²) >= 11 is 0. The molecule has 12 nitrogen and oxygen atoms in total. The van der Waals surface area contributed by atoms with E-state index in [1.165, 1.54) is 7.11 Å². The minimum Gasteiger partial charge on any atom is -0.481 e. The maximum atomic E-state index is 13.8. The Balaban J connectivity index is 1.72. The molecule has 0 aromatic carbocycles. The van der Waals surface area contributed by atoms with Gasteiger partial charge < -0.3 is 14.2 Å². The van der Waals surface area contributed by atoms with Gasteiger partial charge in [-0.25, -0.2) is 23.4 Å². The normalized spacial score (nSPS) is 18.5. The van der Waals surface area contributed by atoms with E-state index in [1.807, 2.05) is 27.7 Å². The van der Waals surface area contributed by atoms with E-state index in [4.69, 9.17) is 14.2 Å². The summed E-state index contributed by atoms with van der Waals surface area (Å²) in [6.45, 7) is 9.72. The summed E-state index contributed by atoms with van der Waals surface area (Å²) < 4.78 is 49.3. The molecule has 1 fully saturated rings. The van der Waals surface area contributed by atoms with Gasteiger partial charge in [0.25, 0.3) is 0 Å². The lowest BCUT2D eigenvalue weighted by atomic mass is 10.0. The van der Waals surface area contributed by atoms with Gasteiger partial charge in [-0.15, -0.1) is 10.2 Å². The third-order valence-corrected chi connectivity index (χ3v) is 8.33. The molecule has 0 radical (unpaired) electrons.